The van der Waals surface area contributed by atoms with Crippen LogP contribution >= 0.6 is 0 Å². The van der Waals surface area contributed by atoms with E-state index < -0.39 is 0 Å². The van der Waals surface area contributed by atoms with Crippen molar-refractivity contribution in [2.24, 2.45) is 0 Å². The van der Waals surface area contributed by atoms with Crippen LogP contribution in [0.3, 0.4) is 0 Å². The summed E-state index contributed by atoms with van der Waals surface area (Å²) in [7, 11) is 1.66. The van der Waals surface area contributed by atoms with Crippen molar-refractivity contribution in [3.63, 3.8) is 0 Å². The first-order chi connectivity index (χ1) is 13.0. The van der Waals surface area contributed by atoms with Crippen molar-refractivity contribution >= 4 is 22.4 Å². The second kappa shape index (κ2) is 8.12. The molecule has 0 unspecified atom stereocenters. The predicted molar refractivity (Wildman–Crippen MR) is 110 cm³/mol. The second-order valence-electron chi connectivity index (χ2n) is 6.88. The van der Waals surface area contributed by atoms with Crippen molar-refractivity contribution in [3.8, 4) is 11.5 Å². The lowest BCUT2D eigenvalue weighted by Gasteiger charge is -2.15. The molecule has 27 heavy (non-hydrogen) atoms. The number of methoxy groups -OCH3 is 1. The summed E-state index contributed by atoms with van der Waals surface area (Å²) in [6, 6.07) is 19.5. The van der Waals surface area contributed by atoms with Gasteiger partial charge in [0.15, 0.2) is 0 Å². The Balaban J connectivity index is 1.76. The van der Waals surface area contributed by atoms with Crippen molar-refractivity contribution in [3.05, 3.63) is 66.2 Å². The molecule has 1 atom stereocenters. The van der Waals surface area contributed by atoms with E-state index in [9.17, 15) is 4.79 Å². The highest BCUT2D eigenvalue weighted by Crippen LogP contribution is 2.26. The molecule has 3 aromatic carbocycles. The van der Waals surface area contributed by atoms with Gasteiger partial charge in [-0.25, -0.2) is 0 Å². The van der Waals surface area contributed by atoms with Gasteiger partial charge in [0.2, 0.25) is 5.91 Å². The van der Waals surface area contributed by atoms with Crippen LogP contribution in [0.15, 0.2) is 60.7 Å². The fraction of sp³-hybridized carbons (Fsp3) is 0.261. The van der Waals surface area contributed by atoms with Crippen LogP contribution in [0.25, 0.3) is 10.8 Å². The third kappa shape index (κ3) is 4.59. The van der Waals surface area contributed by atoms with Gasteiger partial charge in [-0.05, 0) is 61.4 Å². The molecule has 0 spiro atoms. The summed E-state index contributed by atoms with van der Waals surface area (Å²) in [5.74, 6) is 1.25. The summed E-state index contributed by atoms with van der Waals surface area (Å²) in [6.45, 7) is 5.86. The Labute approximate surface area is 160 Å². The number of carbonyl (C=O) groups is 1. The van der Waals surface area contributed by atoms with E-state index in [0.29, 0.717) is 0 Å². The van der Waals surface area contributed by atoms with Crippen LogP contribution in [-0.2, 0) is 4.79 Å². The largest absolute Gasteiger partial charge is 0.497 e. The monoisotopic (exact) mass is 363 g/mol. The normalized spacial score (nSPS) is 12.0. The summed E-state index contributed by atoms with van der Waals surface area (Å²) >= 11 is 0. The summed E-state index contributed by atoms with van der Waals surface area (Å²) in [5, 5.41) is 5.15. The van der Waals surface area contributed by atoms with E-state index in [0.717, 1.165) is 33.5 Å². The van der Waals surface area contributed by atoms with Crippen LogP contribution in [0.1, 0.15) is 32.3 Å². The lowest BCUT2D eigenvalue weighted by Crippen LogP contribution is -2.19. The molecule has 0 bridgehead atoms. The van der Waals surface area contributed by atoms with Crippen molar-refractivity contribution in [2.75, 3.05) is 12.4 Å². The standard InChI is InChI=1S/C23H25NO3/c1-15(2)27-22-7-5-6-20(14-22)24-23(25)16(3)17-8-9-19-13-21(26-4)11-10-18(19)12-17/h5-16H,1-4H3,(H,24,25)/t16-/m0/s1. The van der Waals surface area contributed by atoms with Crippen LogP contribution in [0.4, 0.5) is 5.69 Å². The molecule has 0 saturated carbocycles. The van der Waals surface area contributed by atoms with Gasteiger partial charge in [-0.15, -0.1) is 0 Å². The molecule has 0 aliphatic carbocycles. The number of hydrogen-bond donors (Lipinski definition) is 1. The number of carbonyl (C=O) groups excluding carboxylic acids is 1. The fourth-order valence-corrected chi connectivity index (χ4v) is 2.96. The number of amides is 1. The summed E-state index contributed by atoms with van der Waals surface area (Å²) in [6.07, 6.45) is 0.0890. The molecule has 3 aromatic rings. The molecule has 140 valence electrons. The molecule has 4 nitrogen and oxygen atoms in total. The van der Waals surface area contributed by atoms with Gasteiger partial charge in [0.05, 0.1) is 19.1 Å². The minimum Gasteiger partial charge on any atom is -0.497 e. The van der Waals surface area contributed by atoms with E-state index >= 15 is 0 Å². The number of hydrogen-bond acceptors (Lipinski definition) is 3. The van der Waals surface area contributed by atoms with Gasteiger partial charge in [0.1, 0.15) is 11.5 Å². The number of benzene rings is 3. The van der Waals surface area contributed by atoms with E-state index in [4.69, 9.17) is 9.47 Å². The minimum absolute atomic E-state index is 0.0513. The molecule has 0 aliphatic heterocycles. The maximum atomic E-state index is 12.7. The Morgan fingerprint density at radius 1 is 0.889 bits per heavy atom. The lowest BCUT2D eigenvalue weighted by molar-refractivity contribution is -0.117. The molecule has 1 N–H and O–H groups in total. The SMILES string of the molecule is COc1ccc2cc([C@H](C)C(=O)Nc3cccc(OC(C)C)c3)ccc2c1. The molecule has 0 radical (unpaired) electrons. The van der Waals surface area contributed by atoms with Gasteiger partial charge in [-0.3, -0.25) is 4.79 Å². The fourth-order valence-electron chi connectivity index (χ4n) is 2.96. The number of fused-ring (bicyclic) bond motifs is 1. The van der Waals surface area contributed by atoms with E-state index in [-0.39, 0.29) is 17.9 Å². The van der Waals surface area contributed by atoms with Crippen LogP contribution in [0, 0.1) is 0 Å². The number of rotatable bonds is 6. The van der Waals surface area contributed by atoms with Crippen LogP contribution in [-0.4, -0.2) is 19.1 Å². The maximum Gasteiger partial charge on any atom is 0.231 e. The average Bonchev–Trinajstić information content (AvgIpc) is 2.66. The first kappa shape index (κ1) is 18.8. The maximum absolute atomic E-state index is 12.7. The quantitative estimate of drug-likeness (QED) is 0.640. The van der Waals surface area contributed by atoms with E-state index in [2.05, 4.69) is 11.4 Å². The molecule has 0 aliphatic rings. The number of ether oxygens (including phenoxy) is 2. The Morgan fingerprint density at radius 2 is 1.63 bits per heavy atom. The van der Waals surface area contributed by atoms with Gasteiger partial charge in [0, 0.05) is 11.8 Å². The van der Waals surface area contributed by atoms with E-state index in [1.165, 1.54) is 0 Å². The Bertz CT molecular complexity index is 949. The van der Waals surface area contributed by atoms with E-state index in [1.54, 1.807) is 7.11 Å². The molecular formula is C23H25NO3. The third-order valence-electron chi connectivity index (χ3n) is 4.44. The van der Waals surface area contributed by atoms with Crippen molar-refractivity contribution in [1.82, 2.24) is 0 Å². The van der Waals surface area contributed by atoms with Crippen molar-refractivity contribution in [1.29, 1.82) is 0 Å². The Morgan fingerprint density at radius 3 is 2.37 bits per heavy atom. The smallest absolute Gasteiger partial charge is 0.231 e. The molecule has 0 saturated heterocycles. The van der Waals surface area contributed by atoms with Gasteiger partial charge in [0.25, 0.3) is 0 Å². The highest BCUT2D eigenvalue weighted by atomic mass is 16.5. The van der Waals surface area contributed by atoms with Crippen LogP contribution in [0.5, 0.6) is 11.5 Å². The molecule has 1 amide bonds. The van der Waals surface area contributed by atoms with Crippen molar-refractivity contribution < 1.29 is 14.3 Å². The predicted octanol–water partition coefficient (Wildman–Crippen LogP) is 5.38. The first-order valence-electron chi connectivity index (χ1n) is 9.11. The highest BCUT2D eigenvalue weighted by molar-refractivity contribution is 5.96. The first-order valence-corrected chi connectivity index (χ1v) is 9.11. The van der Waals surface area contributed by atoms with Crippen molar-refractivity contribution in [2.45, 2.75) is 32.8 Å². The average molecular weight is 363 g/mol. The zero-order chi connectivity index (χ0) is 19.4. The second-order valence-corrected chi connectivity index (χ2v) is 6.88. The third-order valence-corrected chi connectivity index (χ3v) is 4.44. The summed E-state index contributed by atoms with van der Waals surface area (Å²) in [5.41, 5.74) is 1.70. The zero-order valence-electron chi connectivity index (χ0n) is 16.2. The molecule has 0 fully saturated rings. The van der Waals surface area contributed by atoms with Crippen LogP contribution in [0.2, 0.25) is 0 Å². The van der Waals surface area contributed by atoms with E-state index in [1.807, 2.05) is 75.4 Å². The molecular weight excluding hydrogens is 338 g/mol. The highest BCUT2D eigenvalue weighted by Gasteiger charge is 2.16. The zero-order valence-corrected chi connectivity index (χ0v) is 16.2. The summed E-state index contributed by atoms with van der Waals surface area (Å²) in [4.78, 5) is 12.7. The Kier molecular flexibility index (Phi) is 5.65. The number of nitrogens with one attached hydrogen (secondary N) is 1. The van der Waals surface area contributed by atoms with Crippen LogP contribution < -0.4 is 14.8 Å². The lowest BCUT2D eigenvalue weighted by atomic mass is 9.97. The molecule has 3 rings (SSSR count). The topological polar surface area (TPSA) is 47.6 Å². The van der Waals surface area contributed by atoms with Gasteiger partial charge in [-0.1, -0.05) is 30.3 Å². The van der Waals surface area contributed by atoms with Gasteiger partial charge < -0.3 is 14.8 Å². The molecule has 4 heteroatoms. The number of anilines is 1. The van der Waals surface area contributed by atoms with Gasteiger partial charge in [-0.2, -0.15) is 0 Å². The molecule has 0 aromatic heterocycles. The summed E-state index contributed by atoms with van der Waals surface area (Å²) < 4.78 is 11.0. The minimum atomic E-state index is -0.272. The Hall–Kier alpha value is -3.01. The molecule has 0 heterocycles. The van der Waals surface area contributed by atoms with Gasteiger partial charge >= 0.3 is 0 Å².